The van der Waals surface area contributed by atoms with Gasteiger partial charge in [0.1, 0.15) is 0 Å². The molecular formula is C17H25BrN2O. The minimum atomic E-state index is 0.239. The molecule has 0 spiro atoms. The van der Waals surface area contributed by atoms with E-state index < -0.39 is 0 Å². The van der Waals surface area contributed by atoms with Crippen LogP contribution in [-0.2, 0) is 11.3 Å². The Hall–Kier alpha value is -0.870. The van der Waals surface area contributed by atoms with E-state index in [1.165, 1.54) is 12.0 Å². The zero-order chi connectivity index (χ0) is 15.2. The van der Waals surface area contributed by atoms with E-state index in [1.807, 2.05) is 17.0 Å². The first kappa shape index (κ1) is 16.5. The van der Waals surface area contributed by atoms with Crippen LogP contribution in [0.5, 0.6) is 0 Å². The highest BCUT2D eigenvalue weighted by Crippen LogP contribution is 2.18. The first-order valence-corrected chi connectivity index (χ1v) is 8.60. The molecule has 1 N–H and O–H groups in total. The number of hydrogen-bond donors (Lipinski definition) is 1. The summed E-state index contributed by atoms with van der Waals surface area (Å²) in [5.74, 6) is 0.954. The Morgan fingerprint density at radius 3 is 2.67 bits per heavy atom. The first-order valence-electron chi connectivity index (χ1n) is 7.81. The van der Waals surface area contributed by atoms with E-state index in [4.69, 9.17) is 0 Å². The van der Waals surface area contributed by atoms with E-state index in [1.54, 1.807) is 0 Å². The van der Waals surface area contributed by atoms with E-state index in [9.17, 15) is 4.79 Å². The van der Waals surface area contributed by atoms with Crippen LogP contribution in [0.4, 0.5) is 0 Å². The highest BCUT2D eigenvalue weighted by atomic mass is 79.9. The monoisotopic (exact) mass is 352 g/mol. The van der Waals surface area contributed by atoms with Crippen LogP contribution in [0, 0.1) is 5.92 Å². The van der Waals surface area contributed by atoms with Crippen LogP contribution >= 0.6 is 15.9 Å². The number of nitrogens with one attached hydrogen (secondary N) is 1. The van der Waals surface area contributed by atoms with Gasteiger partial charge in [-0.05, 0) is 63.4 Å². The fourth-order valence-corrected chi connectivity index (χ4v) is 3.04. The third kappa shape index (κ3) is 5.11. The molecule has 1 amide bonds. The van der Waals surface area contributed by atoms with Crippen LogP contribution in [-0.4, -0.2) is 29.9 Å². The van der Waals surface area contributed by atoms with Crippen LogP contribution in [0.25, 0.3) is 0 Å². The minimum absolute atomic E-state index is 0.239. The lowest BCUT2D eigenvalue weighted by molar-refractivity contribution is -0.133. The molecule has 2 rings (SSSR count). The van der Waals surface area contributed by atoms with Gasteiger partial charge in [-0.3, -0.25) is 4.79 Å². The second-order valence-corrected chi connectivity index (χ2v) is 7.06. The SMILES string of the molecule is CC(C)N(Cc1ccc(Br)cc1)C(=O)CCC1CCNC1. The average Bonchev–Trinajstić information content (AvgIpc) is 2.97. The van der Waals surface area contributed by atoms with Gasteiger partial charge < -0.3 is 10.2 Å². The number of nitrogens with zero attached hydrogens (tertiary/aromatic N) is 1. The quantitative estimate of drug-likeness (QED) is 0.848. The minimum Gasteiger partial charge on any atom is -0.336 e. The van der Waals surface area contributed by atoms with Gasteiger partial charge in [-0.15, -0.1) is 0 Å². The smallest absolute Gasteiger partial charge is 0.223 e. The highest BCUT2D eigenvalue weighted by molar-refractivity contribution is 9.10. The molecule has 1 saturated heterocycles. The van der Waals surface area contributed by atoms with Crippen molar-refractivity contribution in [1.29, 1.82) is 0 Å². The molecule has 0 saturated carbocycles. The number of carbonyl (C=O) groups is 1. The summed E-state index contributed by atoms with van der Waals surface area (Å²) in [5.41, 5.74) is 1.18. The Labute approximate surface area is 136 Å². The van der Waals surface area contributed by atoms with Crippen LogP contribution < -0.4 is 5.32 Å². The van der Waals surface area contributed by atoms with Crippen molar-refractivity contribution in [3.8, 4) is 0 Å². The van der Waals surface area contributed by atoms with Gasteiger partial charge in [0.15, 0.2) is 0 Å². The third-order valence-corrected chi connectivity index (χ3v) is 4.67. The van der Waals surface area contributed by atoms with Crippen molar-refractivity contribution in [2.24, 2.45) is 5.92 Å². The molecule has 4 heteroatoms. The molecule has 0 bridgehead atoms. The molecule has 0 aromatic heterocycles. The lowest BCUT2D eigenvalue weighted by Gasteiger charge is -2.27. The van der Waals surface area contributed by atoms with Crippen molar-refractivity contribution in [1.82, 2.24) is 10.2 Å². The maximum absolute atomic E-state index is 12.5. The van der Waals surface area contributed by atoms with Crippen molar-refractivity contribution in [2.75, 3.05) is 13.1 Å². The summed E-state index contributed by atoms with van der Waals surface area (Å²) in [7, 11) is 0. The molecule has 1 aromatic rings. The summed E-state index contributed by atoms with van der Waals surface area (Å²) in [4.78, 5) is 14.5. The van der Waals surface area contributed by atoms with Gasteiger partial charge in [0.2, 0.25) is 5.91 Å². The largest absolute Gasteiger partial charge is 0.336 e. The van der Waals surface area contributed by atoms with Crippen LogP contribution in [0.3, 0.4) is 0 Å². The molecule has 1 aliphatic rings. The Balaban J connectivity index is 1.90. The summed E-state index contributed by atoms with van der Waals surface area (Å²) >= 11 is 3.45. The molecule has 116 valence electrons. The molecule has 3 nitrogen and oxygen atoms in total. The summed E-state index contributed by atoms with van der Waals surface area (Å²) in [5, 5.41) is 3.36. The second kappa shape index (κ2) is 7.95. The summed E-state index contributed by atoms with van der Waals surface area (Å²) in [6.07, 6.45) is 2.89. The van der Waals surface area contributed by atoms with Gasteiger partial charge in [-0.25, -0.2) is 0 Å². The number of carbonyl (C=O) groups excluding carboxylic acids is 1. The predicted molar refractivity (Wildman–Crippen MR) is 90.0 cm³/mol. The van der Waals surface area contributed by atoms with Crippen LogP contribution in [0.2, 0.25) is 0 Å². The lowest BCUT2D eigenvalue weighted by Crippen LogP contribution is -2.36. The number of benzene rings is 1. The zero-order valence-electron chi connectivity index (χ0n) is 12.9. The maximum Gasteiger partial charge on any atom is 0.223 e. The Kier molecular flexibility index (Phi) is 6.24. The van der Waals surface area contributed by atoms with Gasteiger partial charge >= 0.3 is 0 Å². The first-order chi connectivity index (χ1) is 10.1. The van der Waals surface area contributed by atoms with Gasteiger partial charge in [-0.2, -0.15) is 0 Å². The van der Waals surface area contributed by atoms with E-state index in [0.29, 0.717) is 18.9 Å². The number of rotatable bonds is 6. The van der Waals surface area contributed by atoms with Crippen LogP contribution in [0.1, 0.15) is 38.7 Å². The summed E-state index contributed by atoms with van der Waals surface area (Å²) in [6, 6.07) is 8.45. The normalized spacial score (nSPS) is 18.2. The molecule has 1 aromatic carbocycles. The van der Waals surface area contributed by atoms with Crippen molar-refractivity contribution in [3.05, 3.63) is 34.3 Å². The summed E-state index contributed by atoms with van der Waals surface area (Å²) in [6.45, 7) is 7.06. The molecule has 1 aliphatic heterocycles. The van der Waals surface area contributed by atoms with E-state index >= 15 is 0 Å². The van der Waals surface area contributed by atoms with Gasteiger partial charge in [0.05, 0.1) is 0 Å². The summed E-state index contributed by atoms with van der Waals surface area (Å²) < 4.78 is 1.07. The number of amides is 1. The lowest BCUT2D eigenvalue weighted by atomic mass is 10.0. The van der Waals surface area contributed by atoms with E-state index in [0.717, 1.165) is 24.0 Å². The molecule has 1 unspecified atom stereocenters. The van der Waals surface area contributed by atoms with E-state index in [-0.39, 0.29) is 11.9 Å². The maximum atomic E-state index is 12.5. The Morgan fingerprint density at radius 1 is 1.38 bits per heavy atom. The molecule has 1 heterocycles. The molecule has 1 atom stereocenters. The fraction of sp³-hybridized carbons (Fsp3) is 0.588. The topological polar surface area (TPSA) is 32.3 Å². The van der Waals surface area contributed by atoms with Gasteiger partial charge in [0, 0.05) is 23.5 Å². The van der Waals surface area contributed by atoms with Crippen LogP contribution in [0.15, 0.2) is 28.7 Å². The molecule has 1 fully saturated rings. The predicted octanol–water partition coefficient (Wildman–Crippen LogP) is 3.58. The average molecular weight is 353 g/mol. The number of hydrogen-bond acceptors (Lipinski definition) is 2. The highest BCUT2D eigenvalue weighted by Gasteiger charge is 2.20. The van der Waals surface area contributed by atoms with Gasteiger partial charge in [0.25, 0.3) is 0 Å². The molecular weight excluding hydrogens is 328 g/mol. The number of halogens is 1. The third-order valence-electron chi connectivity index (χ3n) is 4.14. The van der Waals surface area contributed by atoms with Crippen molar-refractivity contribution >= 4 is 21.8 Å². The van der Waals surface area contributed by atoms with E-state index in [2.05, 4.69) is 47.2 Å². The fourth-order valence-electron chi connectivity index (χ4n) is 2.78. The Bertz CT molecular complexity index is 452. The second-order valence-electron chi connectivity index (χ2n) is 6.14. The van der Waals surface area contributed by atoms with Crippen molar-refractivity contribution in [2.45, 2.75) is 45.7 Å². The molecule has 0 aliphatic carbocycles. The molecule has 0 radical (unpaired) electrons. The Morgan fingerprint density at radius 2 is 2.10 bits per heavy atom. The standard InChI is InChI=1S/C17H25BrN2O/c1-13(2)20(12-15-3-6-16(18)7-4-15)17(21)8-5-14-9-10-19-11-14/h3-4,6-7,13-14,19H,5,8-12H2,1-2H3. The zero-order valence-corrected chi connectivity index (χ0v) is 14.5. The van der Waals surface area contributed by atoms with Crippen molar-refractivity contribution in [3.63, 3.8) is 0 Å². The van der Waals surface area contributed by atoms with Gasteiger partial charge in [-0.1, -0.05) is 28.1 Å². The van der Waals surface area contributed by atoms with Crippen molar-refractivity contribution < 1.29 is 4.79 Å². The molecule has 21 heavy (non-hydrogen) atoms.